The van der Waals surface area contributed by atoms with Gasteiger partial charge in [0, 0.05) is 55.4 Å². The van der Waals surface area contributed by atoms with Crippen molar-refractivity contribution in [2.75, 3.05) is 41.7 Å². The second-order valence-electron chi connectivity index (χ2n) is 7.79. The Bertz CT molecular complexity index is 983. The van der Waals surface area contributed by atoms with Gasteiger partial charge < -0.3 is 15.5 Å². The number of fused-ring (bicyclic) bond motifs is 1. The number of benzene rings is 2. The summed E-state index contributed by atoms with van der Waals surface area (Å²) in [6, 6.07) is 9.65. The molecule has 2 aromatic carbocycles. The molecule has 0 saturated carbocycles. The lowest BCUT2D eigenvalue weighted by Gasteiger charge is -2.39. The normalized spacial score (nSPS) is 19.0. The van der Waals surface area contributed by atoms with Crippen LogP contribution < -0.4 is 15.5 Å². The molecule has 158 valence electrons. The molecule has 1 amide bonds. The highest BCUT2D eigenvalue weighted by Gasteiger charge is 2.25. The summed E-state index contributed by atoms with van der Waals surface area (Å²) in [6.45, 7) is 7.84. The molecule has 2 aliphatic rings. The van der Waals surface area contributed by atoms with E-state index in [9.17, 15) is 13.6 Å². The average Bonchev–Trinajstić information content (AvgIpc) is 3.06. The molecule has 2 heterocycles. The zero-order valence-electron chi connectivity index (χ0n) is 17.2. The molecule has 1 saturated heterocycles. The van der Waals surface area contributed by atoms with Gasteiger partial charge in [-0.05, 0) is 49.7 Å². The average molecular weight is 412 g/mol. The van der Waals surface area contributed by atoms with E-state index >= 15 is 0 Å². The second kappa shape index (κ2) is 8.44. The van der Waals surface area contributed by atoms with Gasteiger partial charge in [0.25, 0.3) is 5.91 Å². The van der Waals surface area contributed by atoms with Crippen molar-refractivity contribution < 1.29 is 13.6 Å². The van der Waals surface area contributed by atoms with Crippen LogP contribution in [0.25, 0.3) is 5.57 Å². The quantitative estimate of drug-likeness (QED) is 0.720. The number of carbonyl (C=O) groups excluding carboxylic acids is 1. The van der Waals surface area contributed by atoms with E-state index in [1.807, 2.05) is 0 Å². The summed E-state index contributed by atoms with van der Waals surface area (Å²) < 4.78 is 28.3. The minimum absolute atomic E-state index is 0.308. The summed E-state index contributed by atoms with van der Waals surface area (Å²) in [7, 11) is 0. The molecule has 0 aromatic heterocycles. The van der Waals surface area contributed by atoms with Crippen LogP contribution in [0.5, 0.6) is 0 Å². The number of piperazine rings is 1. The van der Waals surface area contributed by atoms with Gasteiger partial charge in [-0.25, -0.2) is 8.78 Å². The lowest BCUT2D eigenvalue weighted by atomic mass is 10.1. The van der Waals surface area contributed by atoms with Crippen molar-refractivity contribution in [2.24, 2.45) is 0 Å². The minimum atomic E-state index is -0.417. The van der Waals surface area contributed by atoms with E-state index in [2.05, 4.69) is 34.3 Å². The fourth-order valence-electron chi connectivity index (χ4n) is 3.97. The van der Waals surface area contributed by atoms with Crippen molar-refractivity contribution in [2.45, 2.75) is 26.3 Å². The number of rotatable bonds is 5. The lowest BCUT2D eigenvalue weighted by molar-refractivity contribution is -0.110. The van der Waals surface area contributed by atoms with Crippen molar-refractivity contribution in [1.82, 2.24) is 4.90 Å². The molecule has 5 nitrogen and oxygen atoms in total. The van der Waals surface area contributed by atoms with Crippen molar-refractivity contribution in [3.05, 3.63) is 59.8 Å². The van der Waals surface area contributed by atoms with Crippen LogP contribution in [0.15, 0.2) is 42.6 Å². The fourth-order valence-corrected chi connectivity index (χ4v) is 3.97. The summed E-state index contributed by atoms with van der Waals surface area (Å²) in [5, 5.41) is 5.66. The molecule has 4 rings (SSSR count). The van der Waals surface area contributed by atoms with Gasteiger partial charge in [0.05, 0.1) is 11.3 Å². The van der Waals surface area contributed by atoms with E-state index in [4.69, 9.17) is 0 Å². The van der Waals surface area contributed by atoms with Gasteiger partial charge in [-0.15, -0.1) is 0 Å². The van der Waals surface area contributed by atoms with E-state index in [-0.39, 0.29) is 11.7 Å². The molecule has 1 atom stereocenters. The van der Waals surface area contributed by atoms with Crippen molar-refractivity contribution in [3.8, 4) is 0 Å². The zero-order chi connectivity index (χ0) is 21.3. The van der Waals surface area contributed by atoms with Crippen LogP contribution in [-0.4, -0.2) is 43.0 Å². The smallest absolute Gasteiger partial charge is 0.257 e. The highest BCUT2D eigenvalue weighted by Crippen LogP contribution is 2.32. The summed E-state index contributed by atoms with van der Waals surface area (Å²) in [4.78, 5) is 16.7. The van der Waals surface area contributed by atoms with Gasteiger partial charge in [-0.1, -0.05) is 6.92 Å². The van der Waals surface area contributed by atoms with E-state index in [0.29, 0.717) is 34.2 Å². The number of hydrogen-bond acceptors (Lipinski definition) is 4. The Morgan fingerprint density at radius 2 is 1.90 bits per heavy atom. The van der Waals surface area contributed by atoms with Gasteiger partial charge in [0.2, 0.25) is 0 Å². The van der Waals surface area contributed by atoms with Crippen molar-refractivity contribution >= 4 is 28.5 Å². The van der Waals surface area contributed by atoms with Crippen LogP contribution in [-0.2, 0) is 4.79 Å². The number of carbonyl (C=O) groups is 1. The Morgan fingerprint density at radius 3 is 2.60 bits per heavy atom. The molecule has 1 fully saturated rings. The molecule has 0 bridgehead atoms. The maximum atomic E-state index is 14.8. The SMILES string of the molecule is CCC(C)N1CCN(c2ccc(N/C=C3/C(=O)Nc4ccc(F)cc43)cc2F)CC1. The van der Waals surface area contributed by atoms with Crippen LogP contribution in [0.4, 0.5) is 25.8 Å². The third-order valence-electron chi connectivity index (χ3n) is 5.96. The van der Waals surface area contributed by atoms with Gasteiger partial charge >= 0.3 is 0 Å². The molecule has 7 heteroatoms. The summed E-state index contributed by atoms with van der Waals surface area (Å²) in [5.74, 6) is -1.04. The third-order valence-corrected chi connectivity index (χ3v) is 5.96. The number of anilines is 3. The molecule has 2 N–H and O–H groups in total. The fraction of sp³-hybridized carbons (Fsp3) is 0.348. The minimum Gasteiger partial charge on any atom is -0.367 e. The number of amides is 1. The van der Waals surface area contributed by atoms with E-state index in [1.165, 1.54) is 30.5 Å². The van der Waals surface area contributed by atoms with Gasteiger partial charge in [0.1, 0.15) is 11.6 Å². The first-order valence-electron chi connectivity index (χ1n) is 10.3. The Labute approximate surface area is 175 Å². The Balaban J connectivity index is 1.45. The van der Waals surface area contributed by atoms with E-state index in [0.717, 1.165) is 32.6 Å². The van der Waals surface area contributed by atoms with Gasteiger partial charge in [-0.2, -0.15) is 0 Å². The first kappa shape index (κ1) is 20.3. The number of nitrogens with one attached hydrogen (secondary N) is 2. The molecule has 2 aromatic rings. The van der Waals surface area contributed by atoms with Crippen molar-refractivity contribution in [1.29, 1.82) is 0 Å². The first-order chi connectivity index (χ1) is 14.5. The predicted octanol–water partition coefficient (Wildman–Crippen LogP) is 4.29. The molecular weight excluding hydrogens is 386 g/mol. The van der Waals surface area contributed by atoms with Crippen LogP contribution in [0.2, 0.25) is 0 Å². The highest BCUT2D eigenvalue weighted by atomic mass is 19.1. The molecule has 0 radical (unpaired) electrons. The number of hydrogen-bond donors (Lipinski definition) is 2. The van der Waals surface area contributed by atoms with Crippen LogP contribution >= 0.6 is 0 Å². The lowest BCUT2D eigenvalue weighted by Crippen LogP contribution is -2.49. The van der Waals surface area contributed by atoms with Gasteiger partial charge in [-0.3, -0.25) is 9.69 Å². The maximum Gasteiger partial charge on any atom is 0.257 e. The van der Waals surface area contributed by atoms with Crippen LogP contribution in [0.3, 0.4) is 0 Å². The monoisotopic (exact) mass is 412 g/mol. The first-order valence-corrected chi connectivity index (χ1v) is 10.3. The topological polar surface area (TPSA) is 47.6 Å². The molecule has 0 aliphatic carbocycles. The second-order valence-corrected chi connectivity index (χ2v) is 7.79. The molecule has 1 unspecified atom stereocenters. The number of halogens is 2. The largest absolute Gasteiger partial charge is 0.367 e. The molecule has 30 heavy (non-hydrogen) atoms. The predicted molar refractivity (Wildman–Crippen MR) is 117 cm³/mol. The summed E-state index contributed by atoms with van der Waals surface area (Å²) in [5.41, 5.74) is 2.48. The van der Waals surface area contributed by atoms with Gasteiger partial charge in [0.15, 0.2) is 0 Å². The Kier molecular flexibility index (Phi) is 5.72. The van der Waals surface area contributed by atoms with Crippen LogP contribution in [0.1, 0.15) is 25.8 Å². The molecular formula is C23H26F2N4O. The zero-order valence-corrected chi connectivity index (χ0v) is 17.2. The van der Waals surface area contributed by atoms with Crippen LogP contribution in [0, 0.1) is 11.6 Å². The van der Waals surface area contributed by atoms with E-state index < -0.39 is 5.82 Å². The highest BCUT2D eigenvalue weighted by molar-refractivity contribution is 6.31. The Hall–Kier alpha value is -2.93. The summed E-state index contributed by atoms with van der Waals surface area (Å²) in [6.07, 6.45) is 2.60. The molecule has 0 spiro atoms. The molecule has 2 aliphatic heterocycles. The Morgan fingerprint density at radius 1 is 1.13 bits per heavy atom. The third kappa shape index (κ3) is 4.03. The standard InChI is InChI=1S/C23H26F2N4O/c1-3-15(2)28-8-10-29(11-9-28)22-7-5-17(13-20(22)25)26-14-19-18-12-16(24)4-6-21(18)27-23(19)30/h4-7,12-15,26H,3,8-11H2,1-2H3,(H,27,30)/b19-14+. The maximum absolute atomic E-state index is 14.8. The van der Waals surface area contributed by atoms with E-state index in [1.54, 1.807) is 12.1 Å². The number of nitrogens with zero attached hydrogens (tertiary/aromatic N) is 2. The summed E-state index contributed by atoms with van der Waals surface area (Å²) >= 11 is 0. The van der Waals surface area contributed by atoms with Crippen molar-refractivity contribution in [3.63, 3.8) is 0 Å².